The smallest absolute Gasteiger partial charge is 0.460 e. The molecule has 0 spiro atoms. The van der Waals surface area contributed by atoms with E-state index in [1.165, 1.54) is 31.2 Å². The quantitative estimate of drug-likeness (QED) is 0.157. The molecule has 0 atom stereocenters. The third kappa shape index (κ3) is 5.88. The second-order valence-corrected chi connectivity index (χ2v) is 9.58. The predicted molar refractivity (Wildman–Crippen MR) is 133 cm³/mol. The SMILES string of the molecule is CCOC(=O)c1ccc2cc(-c3ccc(N(CC)CCC(F)(F)C(F)(F)C(F)(F)C(F)(F)C(F)(F)C(F)(F)F)cc3)[nH]c2c1. The van der Waals surface area contributed by atoms with Gasteiger partial charge in [0, 0.05) is 41.8 Å². The van der Waals surface area contributed by atoms with E-state index >= 15 is 0 Å². The number of nitrogens with zero attached hydrogens (tertiary/aromatic N) is 1. The number of carbonyl (C=O) groups excluding carboxylic acids is 1. The summed E-state index contributed by atoms with van der Waals surface area (Å²) < 4.78 is 179. The highest BCUT2D eigenvalue weighted by Crippen LogP contribution is 2.60. The molecule has 244 valence electrons. The molecule has 0 aliphatic heterocycles. The van der Waals surface area contributed by atoms with Crippen LogP contribution < -0.4 is 4.90 Å². The number of aromatic nitrogens is 1. The number of hydrogen-bond donors (Lipinski definition) is 1. The van der Waals surface area contributed by atoms with Gasteiger partial charge in [-0.1, -0.05) is 18.2 Å². The van der Waals surface area contributed by atoms with Crippen molar-refractivity contribution in [1.29, 1.82) is 0 Å². The molecular formula is C27H23F13N2O2. The van der Waals surface area contributed by atoms with Crippen molar-refractivity contribution < 1.29 is 66.6 Å². The Morgan fingerprint density at radius 1 is 0.750 bits per heavy atom. The van der Waals surface area contributed by atoms with E-state index in [0.29, 0.717) is 22.2 Å². The lowest BCUT2D eigenvalue weighted by Crippen LogP contribution is -2.70. The number of nitrogens with one attached hydrogen (secondary N) is 1. The maximum Gasteiger partial charge on any atom is 0.460 e. The molecular weight excluding hydrogens is 631 g/mol. The van der Waals surface area contributed by atoms with Crippen LogP contribution in [0.3, 0.4) is 0 Å². The normalized spacial score (nSPS) is 13.8. The lowest BCUT2D eigenvalue weighted by atomic mass is 9.92. The number of H-pyrrole nitrogens is 1. The zero-order valence-corrected chi connectivity index (χ0v) is 22.6. The number of fused-ring (bicyclic) bond motifs is 1. The highest BCUT2D eigenvalue weighted by Gasteiger charge is 2.90. The molecule has 0 aliphatic rings. The van der Waals surface area contributed by atoms with Gasteiger partial charge in [0.15, 0.2) is 0 Å². The molecule has 1 heterocycles. The van der Waals surface area contributed by atoms with E-state index in [1.807, 2.05) is 0 Å². The fraction of sp³-hybridized carbons (Fsp3) is 0.444. The molecule has 2 aromatic carbocycles. The molecule has 3 aromatic rings. The van der Waals surface area contributed by atoms with E-state index in [-0.39, 0.29) is 24.4 Å². The van der Waals surface area contributed by atoms with Crippen LogP contribution in [0.5, 0.6) is 0 Å². The Labute approximate surface area is 240 Å². The first-order chi connectivity index (χ1) is 20.1. The van der Waals surface area contributed by atoms with Crippen LogP contribution >= 0.6 is 0 Å². The average molecular weight is 654 g/mol. The summed E-state index contributed by atoms with van der Waals surface area (Å²) in [6.45, 7) is 1.70. The zero-order valence-electron chi connectivity index (χ0n) is 22.6. The van der Waals surface area contributed by atoms with Gasteiger partial charge >= 0.3 is 41.8 Å². The number of anilines is 1. The van der Waals surface area contributed by atoms with Gasteiger partial charge in [0.2, 0.25) is 0 Å². The van der Waals surface area contributed by atoms with Crippen molar-refractivity contribution in [2.75, 3.05) is 24.6 Å². The fourth-order valence-corrected chi connectivity index (χ4v) is 4.18. The van der Waals surface area contributed by atoms with Crippen LogP contribution in [0.4, 0.5) is 62.8 Å². The molecule has 17 heteroatoms. The molecule has 0 saturated carbocycles. The first-order valence-corrected chi connectivity index (χ1v) is 12.7. The van der Waals surface area contributed by atoms with E-state index < -0.39 is 54.7 Å². The Morgan fingerprint density at radius 2 is 1.32 bits per heavy atom. The Hall–Kier alpha value is -3.66. The summed E-state index contributed by atoms with van der Waals surface area (Å²) in [5, 5.41) is 0.700. The number of ether oxygens (including phenoxy) is 1. The average Bonchev–Trinajstić information content (AvgIpc) is 3.36. The van der Waals surface area contributed by atoms with Crippen LogP contribution in [-0.2, 0) is 4.74 Å². The Morgan fingerprint density at radius 3 is 1.84 bits per heavy atom. The van der Waals surface area contributed by atoms with Gasteiger partial charge in [0.25, 0.3) is 0 Å². The third-order valence-corrected chi connectivity index (χ3v) is 6.75. The number of carbonyl (C=O) groups is 1. The van der Waals surface area contributed by atoms with E-state index in [9.17, 15) is 61.9 Å². The minimum Gasteiger partial charge on any atom is -0.462 e. The van der Waals surface area contributed by atoms with Gasteiger partial charge in [0.05, 0.1) is 12.2 Å². The monoisotopic (exact) mass is 654 g/mol. The summed E-state index contributed by atoms with van der Waals surface area (Å²) >= 11 is 0. The van der Waals surface area contributed by atoms with Crippen LogP contribution in [0, 0.1) is 0 Å². The molecule has 0 aliphatic carbocycles. The second kappa shape index (κ2) is 11.7. The van der Waals surface area contributed by atoms with Gasteiger partial charge in [-0.2, -0.15) is 57.1 Å². The maximum absolute atomic E-state index is 14.3. The third-order valence-electron chi connectivity index (χ3n) is 6.75. The lowest BCUT2D eigenvalue weighted by molar-refractivity contribution is -0.440. The molecule has 0 fully saturated rings. The number of halogens is 13. The summed E-state index contributed by atoms with van der Waals surface area (Å²) in [5.74, 6) is -37.5. The van der Waals surface area contributed by atoms with E-state index in [2.05, 4.69) is 4.98 Å². The number of benzene rings is 2. The molecule has 0 bridgehead atoms. The van der Waals surface area contributed by atoms with Gasteiger partial charge in [-0.25, -0.2) is 4.79 Å². The minimum absolute atomic E-state index is 0.0665. The minimum atomic E-state index is -7.92. The topological polar surface area (TPSA) is 45.3 Å². The number of hydrogen-bond acceptors (Lipinski definition) is 3. The van der Waals surface area contributed by atoms with Crippen molar-refractivity contribution in [1.82, 2.24) is 4.98 Å². The van der Waals surface area contributed by atoms with E-state index in [4.69, 9.17) is 4.74 Å². The van der Waals surface area contributed by atoms with Crippen LogP contribution in [0.1, 0.15) is 30.6 Å². The van der Waals surface area contributed by atoms with Crippen LogP contribution in [0.25, 0.3) is 22.2 Å². The van der Waals surface area contributed by atoms with E-state index in [0.717, 1.165) is 4.90 Å². The lowest BCUT2D eigenvalue weighted by Gasteiger charge is -2.40. The van der Waals surface area contributed by atoms with Gasteiger partial charge in [-0.15, -0.1) is 0 Å². The fourth-order valence-electron chi connectivity index (χ4n) is 4.18. The van der Waals surface area contributed by atoms with Gasteiger partial charge < -0.3 is 14.6 Å². The number of aromatic amines is 1. The van der Waals surface area contributed by atoms with Gasteiger partial charge in [-0.3, -0.25) is 0 Å². The Balaban J connectivity index is 1.80. The highest BCUT2D eigenvalue weighted by atomic mass is 19.4. The molecule has 0 radical (unpaired) electrons. The summed E-state index contributed by atoms with van der Waals surface area (Å²) in [5.41, 5.74) is 1.95. The van der Waals surface area contributed by atoms with Crippen molar-refractivity contribution in [3.8, 4) is 11.3 Å². The number of alkyl halides is 13. The zero-order chi connectivity index (χ0) is 33.5. The molecule has 1 aromatic heterocycles. The van der Waals surface area contributed by atoms with Crippen LogP contribution in [0.2, 0.25) is 0 Å². The summed E-state index contributed by atoms with van der Waals surface area (Å²) in [6.07, 6.45) is -9.77. The first-order valence-electron chi connectivity index (χ1n) is 12.7. The van der Waals surface area contributed by atoms with Gasteiger partial charge in [0.1, 0.15) is 0 Å². The number of rotatable bonds is 12. The summed E-state index contributed by atoms with van der Waals surface area (Å²) in [6, 6.07) is 12.0. The van der Waals surface area contributed by atoms with Crippen molar-refractivity contribution in [2.24, 2.45) is 0 Å². The van der Waals surface area contributed by atoms with Crippen LogP contribution in [-0.4, -0.2) is 66.4 Å². The first kappa shape index (κ1) is 34.8. The molecule has 44 heavy (non-hydrogen) atoms. The largest absolute Gasteiger partial charge is 0.462 e. The molecule has 0 saturated heterocycles. The van der Waals surface area contributed by atoms with Crippen molar-refractivity contribution in [2.45, 2.75) is 56.1 Å². The van der Waals surface area contributed by atoms with Crippen molar-refractivity contribution >= 4 is 22.6 Å². The predicted octanol–water partition coefficient (Wildman–Crippen LogP) is 8.97. The maximum atomic E-state index is 14.3. The summed E-state index contributed by atoms with van der Waals surface area (Å²) in [4.78, 5) is 16.0. The molecule has 3 rings (SSSR count). The molecule has 0 unspecified atom stereocenters. The molecule has 1 N–H and O–H groups in total. The standard InChI is InChI=1S/C27H23F13N2O2/c1-3-42(12-11-22(28,29)23(30,31)24(32,33)25(34,35)26(36,37)27(38,39)40)18-9-7-15(8-10-18)19-13-16-5-6-17(14-20(16)41-19)21(43)44-4-2/h5-10,13-14,41H,3-4,11-12H2,1-2H3. The Bertz CT molecular complexity index is 1460. The number of esters is 1. The van der Waals surface area contributed by atoms with Crippen molar-refractivity contribution in [3.63, 3.8) is 0 Å². The molecule has 0 amide bonds. The Kier molecular flexibility index (Phi) is 9.25. The molecule has 4 nitrogen and oxygen atoms in total. The summed E-state index contributed by atoms with van der Waals surface area (Å²) in [7, 11) is 0. The van der Waals surface area contributed by atoms with Crippen LogP contribution in [0.15, 0.2) is 48.5 Å². The second-order valence-electron chi connectivity index (χ2n) is 9.58. The van der Waals surface area contributed by atoms with E-state index in [1.54, 1.807) is 31.2 Å². The van der Waals surface area contributed by atoms with Gasteiger partial charge in [-0.05, 0) is 49.7 Å². The highest BCUT2D eigenvalue weighted by molar-refractivity contribution is 5.95. The van der Waals surface area contributed by atoms with Crippen molar-refractivity contribution in [3.05, 3.63) is 54.1 Å².